The molecule has 0 amide bonds. The van der Waals surface area contributed by atoms with Crippen LogP contribution >= 0.6 is 11.3 Å². The van der Waals surface area contributed by atoms with Gasteiger partial charge in [0.05, 0.1) is 12.7 Å². The highest BCUT2D eigenvalue weighted by Crippen LogP contribution is 2.21. The van der Waals surface area contributed by atoms with Gasteiger partial charge in [0, 0.05) is 22.0 Å². The Balaban J connectivity index is 2.04. The van der Waals surface area contributed by atoms with Crippen LogP contribution in [0.1, 0.15) is 32.6 Å². The molecule has 0 saturated heterocycles. The van der Waals surface area contributed by atoms with Gasteiger partial charge in [0.25, 0.3) is 0 Å². The van der Waals surface area contributed by atoms with Gasteiger partial charge in [0.2, 0.25) is 0 Å². The van der Waals surface area contributed by atoms with Crippen LogP contribution in [0.5, 0.6) is 0 Å². The summed E-state index contributed by atoms with van der Waals surface area (Å²) < 4.78 is 4.72. The van der Waals surface area contributed by atoms with Crippen LogP contribution in [0.4, 0.5) is 5.69 Å². The lowest BCUT2D eigenvalue weighted by Crippen LogP contribution is -2.04. The van der Waals surface area contributed by atoms with Crippen LogP contribution in [0.25, 0.3) is 0 Å². The fourth-order valence-corrected chi connectivity index (χ4v) is 2.89. The number of carbonyl (C=O) groups excluding carboxylic acids is 1. The van der Waals surface area contributed by atoms with Crippen molar-refractivity contribution < 1.29 is 9.53 Å². The summed E-state index contributed by atoms with van der Waals surface area (Å²) >= 11 is 1.83. The minimum absolute atomic E-state index is 0.300. The Labute approximate surface area is 123 Å². The maximum atomic E-state index is 11.5. The number of thiophene rings is 1. The van der Waals surface area contributed by atoms with Gasteiger partial charge in [-0.2, -0.15) is 0 Å². The number of benzene rings is 1. The molecule has 0 bridgehead atoms. The number of anilines is 1. The molecule has 106 valence electrons. The predicted molar refractivity (Wildman–Crippen MR) is 83.5 cm³/mol. The minimum Gasteiger partial charge on any atom is -0.465 e. The van der Waals surface area contributed by atoms with Gasteiger partial charge < -0.3 is 10.1 Å². The highest BCUT2D eigenvalue weighted by atomic mass is 32.1. The number of esters is 1. The summed E-state index contributed by atoms with van der Waals surface area (Å²) in [5.74, 6) is -0.300. The fraction of sp³-hybridized carbons (Fsp3) is 0.312. The summed E-state index contributed by atoms with van der Waals surface area (Å²) in [6, 6.07) is 9.90. The summed E-state index contributed by atoms with van der Waals surface area (Å²) in [7, 11) is 1.39. The van der Waals surface area contributed by atoms with Gasteiger partial charge in [-0.15, -0.1) is 11.3 Å². The number of nitrogens with one attached hydrogen (secondary N) is 1. The van der Waals surface area contributed by atoms with Crippen molar-refractivity contribution in [3.05, 3.63) is 51.2 Å². The van der Waals surface area contributed by atoms with Gasteiger partial charge in [-0.05, 0) is 49.2 Å². The summed E-state index contributed by atoms with van der Waals surface area (Å²) in [6.45, 7) is 4.96. The predicted octanol–water partition coefficient (Wildman–Crippen LogP) is 4.02. The highest BCUT2D eigenvalue weighted by molar-refractivity contribution is 7.12. The molecule has 0 saturated carbocycles. The number of carbonyl (C=O) groups is 1. The van der Waals surface area contributed by atoms with Crippen molar-refractivity contribution in [3.8, 4) is 0 Å². The normalized spacial score (nSPS) is 10.3. The highest BCUT2D eigenvalue weighted by Gasteiger charge is 2.07. The Morgan fingerprint density at radius 3 is 2.60 bits per heavy atom. The number of hydrogen-bond donors (Lipinski definition) is 1. The van der Waals surface area contributed by atoms with Crippen molar-refractivity contribution in [1.29, 1.82) is 0 Å². The maximum absolute atomic E-state index is 11.5. The molecule has 1 aromatic heterocycles. The monoisotopic (exact) mass is 289 g/mol. The van der Waals surface area contributed by atoms with Crippen LogP contribution in [0, 0.1) is 6.92 Å². The van der Waals surface area contributed by atoms with E-state index < -0.39 is 0 Å². The first-order chi connectivity index (χ1) is 9.63. The standard InChI is InChI=1S/C16H19NO2S/c1-4-13-6-7-14(20-13)10-17-15-8-5-12(9-11(15)2)16(18)19-3/h5-9,17H,4,10H2,1-3H3. The van der Waals surface area contributed by atoms with E-state index in [0.717, 1.165) is 24.2 Å². The minimum atomic E-state index is -0.300. The first kappa shape index (κ1) is 14.6. The molecular weight excluding hydrogens is 270 g/mol. The van der Waals surface area contributed by atoms with Gasteiger partial charge in [-0.1, -0.05) is 6.92 Å². The molecule has 2 rings (SSSR count). The van der Waals surface area contributed by atoms with Crippen molar-refractivity contribution in [3.63, 3.8) is 0 Å². The van der Waals surface area contributed by atoms with E-state index in [0.29, 0.717) is 5.56 Å². The van der Waals surface area contributed by atoms with E-state index in [9.17, 15) is 4.79 Å². The van der Waals surface area contributed by atoms with E-state index in [2.05, 4.69) is 24.4 Å². The van der Waals surface area contributed by atoms with E-state index >= 15 is 0 Å². The molecule has 0 atom stereocenters. The van der Waals surface area contributed by atoms with E-state index in [-0.39, 0.29) is 5.97 Å². The molecule has 1 heterocycles. The zero-order valence-electron chi connectivity index (χ0n) is 12.0. The van der Waals surface area contributed by atoms with Crippen molar-refractivity contribution >= 4 is 23.0 Å². The third kappa shape index (κ3) is 3.39. The lowest BCUT2D eigenvalue weighted by Gasteiger charge is -2.09. The molecule has 0 unspecified atom stereocenters. The van der Waals surface area contributed by atoms with Crippen LogP contribution < -0.4 is 5.32 Å². The topological polar surface area (TPSA) is 38.3 Å². The molecule has 0 fully saturated rings. The molecule has 0 spiro atoms. The second-order valence-corrected chi connectivity index (χ2v) is 5.85. The summed E-state index contributed by atoms with van der Waals surface area (Å²) in [6.07, 6.45) is 1.08. The fourth-order valence-electron chi connectivity index (χ4n) is 2.00. The smallest absolute Gasteiger partial charge is 0.337 e. The van der Waals surface area contributed by atoms with Gasteiger partial charge in [0.1, 0.15) is 0 Å². The Morgan fingerprint density at radius 1 is 1.25 bits per heavy atom. The number of hydrogen-bond acceptors (Lipinski definition) is 4. The molecule has 1 N–H and O–H groups in total. The van der Waals surface area contributed by atoms with Gasteiger partial charge in [0.15, 0.2) is 0 Å². The quantitative estimate of drug-likeness (QED) is 0.845. The van der Waals surface area contributed by atoms with E-state index in [4.69, 9.17) is 4.74 Å². The SMILES string of the molecule is CCc1ccc(CNc2ccc(C(=O)OC)cc2C)s1. The van der Waals surface area contributed by atoms with Crippen molar-refractivity contribution in [2.24, 2.45) is 0 Å². The van der Waals surface area contributed by atoms with Crippen LogP contribution in [0.15, 0.2) is 30.3 Å². The molecule has 0 aliphatic carbocycles. The van der Waals surface area contributed by atoms with E-state index in [1.54, 1.807) is 6.07 Å². The number of rotatable bonds is 5. The van der Waals surface area contributed by atoms with Crippen LogP contribution in [0.2, 0.25) is 0 Å². The van der Waals surface area contributed by atoms with Crippen molar-refractivity contribution in [2.45, 2.75) is 26.8 Å². The van der Waals surface area contributed by atoms with Crippen LogP contribution in [0.3, 0.4) is 0 Å². The van der Waals surface area contributed by atoms with Crippen molar-refractivity contribution in [1.82, 2.24) is 0 Å². The van der Waals surface area contributed by atoms with Gasteiger partial charge in [-0.3, -0.25) is 0 Å². The third-order valence-electron chi connectivity index (χ3n) is 3.17. The largest absolute Gasteiger partial charge is 0.465 e. The summed E-state index contributed by atoms with van der Waals surface area (Å²) in [4.78, 5) is 14.2. The first-order valence-electron chi connectivity index (χ1n) is 6.64. The molecule has 0 aliphatic heterocycles. The second kappa shape index (κ2) is 6.57. The molecule has 2 aromatic rings. The molecule has 20 heavy (non-hydrogen) atoms. The molecule has 4 heteroatoms. The lowest BCUT2D eigenvalue weighted by atomic mass is 10.1. The van der Waals surface area contributed by atoms with Crippen molar-refractivity contribution in [2.75, 3.05) is 12.4 Å². The Bertz CT molecular complexity index is 604. The van der Waals surface area contributed by atoms with Crippen LogP contribution in [-0.2, 0) is 17.7 Å². The number of aryl methyl sites for hydroxylation is 2. The molecule has 0 aliphatic rings. The zero-order valence-corrected chi connectivity index (χ0v) is 12.8. The Hall–Kier alpha value is -1.81. The molecule has 0 radical (unpaired) electrons. The molecule has 1 aromatic carbocycles. The van der Waals surface area contributed by atoms with Gasteiger partial charge in [-0.25, -0.2) is 4.79 Å². The number of ether oxygens (including phenoxy) is 1. The zero-order chi connectivity index (χ0) is 14.5. The molecule has 3 nitrogen and oxygen atoms in total. The summed E-state index contributed by atoms with van der Waals surface area (Å²) in [5, 5.41) is 3.41. The average Bonchev–Trinajstić information content (AvgIpc) is 2.93. The molecular formula is C16H19NO2S. The van der Waals surface area contributed by atoms with E-state index in [1.165, 1.54) is 16.9 Å². The second-order valence-electron chi connectivity index (χ2n) is 4.60. The first-order valence-corrected chi connectivity index (χ1v) is 7.46. The Morgan fingerprint density at radius 2 is 2.00 bits per heavy atom. The summed E-state index contributed by atoms with van der Waals surface area (Å²) in [5.41, 5.74) is 2.67. The maximum Gasteiger partial charge on any atom is 0.337 e. The lowest BCUT2D eigenvalue weighted by molar-refractivity contribution is 0.0600. The van der Waals surface area contributed by atoms with Crippen LogP contribution in [-0.4, -0.2) is 13.1 Å². The average molecular weight is 289 g/mol. The third-order valence-corrected chi connectivity index (χ3v) is 4.40. The van der Waals surface area contributed by atoms with E-state index in [1.807, 2.05) is 30.4 Å². The Kier molecular flexibility index (Phi) is 4.79. The van der Waals surface area contributed by atoms with Gasteiger partial charge >= 0.3 is 5.97 Å². The number of methoxy groups -OCH3 is 1.